The Morgan fingerprint density at radius 3 is 2.25 bits per heavy atom. The predicted molar refractivity (Wildman–Crippen MR) is 126 cm³/mol. The zero-order valence-electron chi connectivity index (χ0n) is 18.9. The van der Waals surface area contributed by atoms with E-state index in [0.29, 0.717) is 17.0 Å². The van der Waals surface area contributed by atoms with Crippen LogP contribution in [0.1, 0.15) is 34.3 Å². The van der Waals surface area contributed by atoms with E-state index >= 15 is 0 Å². The van der Waals surface area contributed by atoms with Gasteiger partial charge < -0.3 is 20.4 Å². The van der Waals surface area contributed by atoms with Crippen molar-refractivity contribution in [1.82, 2.24) is 0 Å². The number of nitrogens with zero attached hydrogens (tertiary/aromatic N) is 1. The third-order valence-electron chi connectivity index (χ3n) is 5.82. The summed E-state index contributed by atoms with van der Waals surface area (Å²) < 4.78 is 27.7. The van der Waals surface area contributed by atoms with Crippen molar-refractivity contribution in [2.24, 2.45) is 5.16 Å². The van der Waals surface area contributed by atoms with Gasteiger partial charge in [-0.15, -0.1) is 0 Å². The smallest absolute Gasteiger partial charge is 0.351 e. The van der Waals surface area contributed by atoms with Crippen molar-refractivity contribution < 1.29 is 38.2 Å². The number of carbonyl (C=O) groups is 3. The van der Waals surface area contributed by atoms with Gasteiger partial charge in [0.1, 0.15) is 17.2 Å². The van der Waals surface area contributed by atoms with Crippen LogP contribution in [0.5, 0.6) is 0 Å². The number of carbonyl (C=O) groups excluding carboxylic acids is 1. The van der Waals surface area contributed by atoms with Crippen LogP contribution in [0.25, 0.3) is 11.1 Å². The van der Waals surface area contributed by atoms with Crippen LogP contribution in [0.15, 0.2) is 65.8 Å². The molecule has 1 heterocycles. The van der Waals surface area contributed by atoms with Crippen LogP contribution in [0.2, 0.25) is 0 Å². The molecule has 4 rings (SSSR count). The summed E-state index contributed by atoms with van der Waals surface area (Å²) >= 11 is 0. The van der Waals surface area contributed by atoms with Crippen molar-refractivity contribution >= 4 is 29.2 Å². The molecule has 0 aliphatic carbocycles. The number of hydrogen-bond donors (Lipinski definition) is 3. The fraction of sp³-hybridized carbons (Fsp3) is 0.154. The molecule has 0 saturated heterocycles. The lowest BCUT2D eigenvalue weighted by molar-refractivity contribution is -0.169. The zero-order chi connectivity index (χ0) is 26.0. The summed E-state index contributed by atoms with van der Waals surface area (Å²) in [4.78, 5) is 40.2. The number of anilines is 1. The van der Waals surface area contributed by atoms with Crippen molar-refractivity contribution in [3.05, 3.63) is 89.0 Å². The minimum Gasteiger partial charge on any atom is -0.481 e. The molecular formula is C26H20F2N2O6. The molecular weight excluding hydrogens is 474 g/mol. The second-order valence-corrected chi connectivity index (χ2v) is 8.33. The maximum absolute atomic E-state index is 13.9. The number of hydrogen-bond acceptors (Lipinski definition) is 5. The number of rotatable bonds is 7. The van der Waals surface area contributed by atoms with Crippen LogP contribution in [-0.4, -0.2) is 39.4 Å². The molecule has 0 fully saturated rings. The second-order valence-electron chi connectivity index (χ2n) is 8.33. The van der Waals surface area contributed by atoms with Gasteiger partial charge in [-0.25, -0.2) is 13.6 Å². The number of aryl methyl sites for hydroxylation is 1. The highest BCUT2D eigenvalue weighted by Gasteiger charge is 2.49. The highest BCUT2D eigenvalue weighted by atomic mass is 19.1. The minimum atomic E-state index is -1.97. The van der Waals surface area contributed by atoms with Gasteiger partial charge in [-0.3, -0.25) is 9.59 Å². The fourth-order valence-electron chi connectivity index (χ4n) is 3.92. The Hall–Kier alpha value is -4.60. The number of benzene rings is 3. The average Bonchev–Trinajstić information content (AvgIpc) is 3.25. The number of amides is 1. The van der Waals surface area contributed by atoms with Crippen LogP contribution in [-0.2, 0) is 14.4 Å². The van der Waals surface area contributed by atoms with Crippen molar-refractivity contribution in [2.75, 3.05) is 5.32 Å². The molecule has 0 bridgehead atoms. The van der Waals surface area contributed by atoms with Gasteiger partial charge in [-0.05, 0) is 53.9 Å². The Morgan fingerprint density at radius 1 is 1.00 bits per heavy atom. The summed E-state index contributed by atoms with van der Waals surface area (Å²) in [5.41, 5.74) is 0.965. The molecule has 1 aliphatic heterocycles. The Labute approximate surface area is 203 Å². The van der Waals surface area contributed by atoms with Crippen LogP contribution < -0.4 is 5.32 Å². The van der Waals surface area contributed by atoms with E-state index in [1.54, 1.807) is 36.4 Å². The quantitative estimate of drug-likeness (QED) is 0.440. The van der Waals surface area contributed by atoms with Crippen molar-refractivity contribution in [3.8, 4) is 11.1 Å². The average molecular weight is 494 g/mol. The zero-order valence-corrected chi connectivity index (χ0v) is 18.9. The van der Waals surface area contributed by atoms with Crippen molar-refractivity contribution in [1.29, 1.82) is 0 Å². The van der Waals surface area contributed by atoms with E-state index in [2.05, 4.69) is 10.5 Å². The SMILES string of the molecule is Cc1ccc(C2=NOC(CC(=O)O)(C(=O)O)C2)cc1-c1ccc(NC(=O)c2c(F)cccc2F)cc1. The molecule has 0 aromatic heterocycles. The van der Waals surface area contributed by atoms with E-state index in [1.807, 2.05) is 13.0 Å². The summed E-state index contributed by atoms with van der Waals surface area (Å²) in [6.45, 7) is 1.87. The standard InChI is InChI=1S/C26H20F2N2O6/c1-14-5-6-16(21-12-26(25(34)35,36-30-21)13-22(31)32)11-18(14)15-7-9-17(10-8-15)29-24(33)23-19(27)3-2-4-20(23)28/h2-11H,12-13H2,1H3,(H,29,33)(H,31,32)(H,34,35). The van der Waals surface area contributed by atoms with Gasteiger partial charge in [0.05, 0.1) is 12.1 Å². The van der Waals surface area contributed by atoms with Gasteiger partial charge in [-0.2, -0.15) is 0 Å². The largest absolute Gasteiger partial charge is 0.481 e. The molecule has 1 aliphatic rings. The number of oxime groups is 1. The molecule has 0 saturated carbocycles. The molecule has 36 heavy (non-hydrogen) atoms. The van der Waals surface area contributed by atoms with Crippen LogP contribution in [0, 0.1) is 18.6 Å². The molecule has 10 heteroatoms. The van der Waals surface area contributed by atoms with Gasteiger partial charge in [-0.1, -0.05) is 35.5 Å². The lowest BCUT2D eigenvalue weighted by Gasteiger charge is -2.19. The Bertz CT molecular complexity index is 1380. The van der Waals surface area contributed by atoms with E-state index in [-0.39, 0.29) is 6.42 Å². The first-order chi connectivity index (χ1) is 17.1. The van der Waals surface area contributed by atoms with E-state index in [9.17, 15) is 28.3 Å². The maximum Gasteiger partial charge on any atom is 0.351 e. The first-order valence-electron chi connectivity index (χ1n) is 10.8. The van der Waals surface area contributed by atoms with E-state index < -0.39 is 47.1 Å². The number of halogens is 2. The second kappa shape index (κ2) is 9.57. The molecule has 184 valence electrons. The molecule has 3 aromatic rings. The van der Waals surface area contributed by atoms with Crippen LogP contribution in [0.3, 0.4) is 0 Å². The first kappa shape index (κ1) is 24.5. The lowest BCUT2D eigenvalue weighted by Crippen LogP contribution is -2.41. The minimum absolute atomic E-state index is 0.214. The molecule has 3 N–H and O–H groups in total. The van der Waals surface area contributed by atoms with E-state index in [0.717, 1.165) is 28.8 Å². The van der Waals surface area contributed by atoms with Gasteiger partial charge in [0.25, 0.3) is 5.91 Å². The molecule has 1 amide bonds. The predicted octanol–water partition coefficient (Wildman–Crippen LogP) is 4.62. The van der Waals surface area contributed by atoms with Gasteiger partial charge in [0.15, 0.2) is 0 Å². The van der Waals surface area contributed by atoms with Gasteiger partial charge in [0.2, 0.25) is 5.60 Å². The monoisotopic (exact) mass is 494 g/mol. The van der Waals surface area contributed by atoms with Crippen molar-refractivity contribution in [2.45, 2.75) is 25.4 Å². The van der Waals surface area contributed by atoms with E-state index in [4.69, 9.17) is 9.94 Å². The molecule has 0 radical (unpaired) electrons. The fourth-order valence-corrected chi connectivity index (χ4v) is 3.92. The molecule has 1 atom stereocenters. The van der Waals surface area contributed by atoms with Gasteiger partial charge in [0, 0.05) is 17.7 Å². The summed E-state index contributed by atoms with van der Waals surface area (Å²) in [5.74, 6) is -5.58. The summed E-state index contributed by atoms with van der Waals surface area (Å²) in [7, 11) is 0. The lowest BCUT2D eigenvalue weighted by atomic mass is 9.89. The number of nitrogens with one attached hydrogen (secondary N) is 1. The molecule has 8 nitrogen and oxygen atoms in total. The Morgan fingerprint density at radius 2 is 1.64 bits per heavy atom. The highest BCUT2D eigenvalue weighted by molar-refractivity contribution is 6.06. The number of carboxylic acid groups (broad SMARTS) is 2. The van der Waals surface area contributed by atoms with E-state index in [1.165, 1.54) is 6.07 Å². The molecule has 0 spiro atoms. The summed E-state index contributed by atoms with van der Waals surface area (Å²) in [5, 5.41) is 24.9. The first-order valence-corrected chi connectivity index (χ1v) is 10.8. The summed E-state index contributed by atoms with van der Waals surface area (Å²) in [6, 6.07) is 15.1. The topological polar surface area (TPSA) is 125 Å². The Balaban J connectivity index is 1.55. The van der Waals surface area contributed by atoms with Gasteiger partial charge >= 0.3 is 11.9 Å². The number of aliphatic carboxylic acids is 2. The maximum atomic E-state index is 13.9. The Kier molecular flexibility index (Phi) is 6.52. The number of carboxylic acids is 2. The third kappa shape index (κ3) is 4.78. The third-order valence-corrected chi connectivity index (χ3v) is 5.82. The summed E-state index contributed by atoms with van der Waals surface area (Å²) in [6.07, 6.45) is -0.952. The highest BCUT2D eigenvalue weighted by Crippen LogP contribution is 2.33. The van der Waals surface area contributed by atoms with Crippen molar-refractivity contribution in [3.63, 3.8) is 0 Å². The van der Waals surface area contributed by atoms with Crippen LogP contribution >= 0.6 is 0 Å². The van der Waals surface area contributed by atoms with Crippen LogP contribution in [0.4, 0.5) is 14.5 Å². The molecule has 3 aromatic carbocycles. The molecule has 1 unspecified atom stereocenters. The normalized spacial score (nSPS) is 16.7.